The Kier molecular flexibility index (Phi) is 5.91. The summed E-state index contributed by atoms with van der Waals surface area (Å²) in [6.45, 7) is 0.125. The highest BCUT2D eigenvalue weighted by molar-refractivity contribution is 9.10. The number of hydrogen-bond donors (Lipinski definition) is 1. The van der Waals surface area contributed by atoms with Crippen LogP contribution in [0.4, 0.5) is 0 Å². The lowest BCUT2D eigenvalue weighted by atomic mass is 9.93. The largest absolute Gasteiger partial charge is 0.396 e. The molecule has 0 heterocycles. The van der Waals surface area contributed by atoms with E-state index >= 15 is 0 Å². The minimum Gasteiger partial charge on any atom is -0.396 e. The van der Waals surface area contributed by atoms with Crippen molar-refractivity contribution in [2.45, 2.75) is 12.8 Å². The van der Waals surface area contributed by atoms with E-state index in [1.54, 1.807) is 6.07 Å². The maximum atomic E-state index is 9.60. The lowest BCUT2D eigenvalue weighted by molar-refractivity contribution is 0.225. The molecule has 0 saturated carbocycles. The second-order valence-corrected chi connectivity index (χ2v) is 6.48. The van der Waals surface area contributed by atoms with Crippen molar-refractivity contribution in [3.8, 4) is 0 Å². The Morgan fingerprint density at radius 3 is 2.35 bits per heavy atom. The molecule has 1 nitrogen and oxygen atoms in total. The van der Waals surface area contributed by atoms with Gasteiger partial charge in [0.15, 0.2) is 0 Å². The topological polar surface area (TPSA) is 20.2 Å². The molecule has 1 unspecified atom stereocenters. The van der Waals surface area contributed by atoms with E-state index < -0.39 is 0 Å². The normalized spacial score (nSPS) is 12.4. The van der Waals surface area contributed by atoms with Gasteiger partial charge in [0.1, 0.15) is 0 Å². The molecule has 2 rings (SSSR count). The molecule has 2 aromatic carbocycles. The van der Waals surface area contributed by atoms with Crippen molar-refractivity contribution in [2.75, 3.05) is 6.61 Å². The zero-order valence-electron chi connectivity index (χ0n) is 10.8. The summed E-state index contributed by atoms with van der Waals surface area (Å²) in [6, 6.07) is 13.6. The van der Waals surface area contributed by atoms with Crippen LogP contribution in [0, 0.1) is 5.92 Å². The van der Waals surface area contributed by atoms with Crippen molar-refractivity contribution in [3.63, 3.8) is 0 Å². The average molecular weight is 374 g/mol. The highest BCUT2D eigenvalue weighted by atomic mass is 79.9. The van der Waals surface area contributed by atoms with Crippen LogP contribution in [0.2, 0.25) is 10.0 Å². The molecular weight excluding hydrogens is 359 g/mol. The fourth-order valence-electron chi connectivity index (χ4n) is 2.17. The molecule has 0 amide bonds. The molecule has 1 N–H and O–H groups in total. The summed E-state index contributed by atoms with van der Waals surface area (Å²) in [5.41, 5.74) is 2.21. The van der Waals surface area contributed by atoms with Crippen LogP contribution in [0.1, 0.15) is 11.1 Å². The number of benzene rings is 2. The summed E-state index contributed by atoms with van der Waals surface area (Å²) in [6.07, 6.45) is 1.53. The standard InChI is InChI=1S/C16H15BrCl2O/c17-15-4-2-1-3-12(15)7-11(10-20)8-13-5-6-14(18)9-16(13)19/h1-6,9,11,20H,7-8,10H2. The first-order valence-electron chi connectivity index (χ1n) is 6.38. The summed E-state index contributed by atoms with van der Waals surface area (Å²) >= 11 is 15.6. The van der Waals surface area contributed by atoms with Gasteiger partial charge < -0.3 is 5.11 Å². The van der Waals surface area contributed by atoms with Crippen LogP contribution >= 0.6 is 39.1 Å². The molecule has 0 radical (unpaired) electrons. The molecular formula is C16H15BrCl2O. The Morgan fingerprint density at radius 2 is 1.70 bits per heavy atom. The molecule has 20 heavy (non-hydrogen) atoms. The number of halogens is 3. The van der Waals surface area contributed by atoms with Crippen molar-refractivity contribution in [2.24, 2.45) is 5.92 Å². The predicted octanol–water partition coefficient (Wildman–Crippen LogP) is 5.15. The molecule has 1 atom stereocenters. The molecule has 0 fully saturated rings. The number of rotatable bonds is 5. The Bertz CT molecular complexity index is 586. The van der Waals surface area contributed by atoms with E-state index in [4.69, 9.17) is 23.2 Å². The van der Waals surface area contributed by atoms with Crippen LogP contribution in [0.15, 0.2) is 46.9 Å². The summed E-state index contributed by atoms with van der Waals surface area (Å²) in [7, 11) is 0. The minimum atomic E-state index is 0.125. The smallest absolute Gasteiger partial charge is 0.0465 e. The van der Waals surface area contributed by atoms with Crippen LogP contribution in [0.25, 0.3) is 0 Å². The average Bonchev–Trinajstić information content (AvgIpc) is 2.43. The first kappa shape index (κ1) is 15.8. The zero-order chi connectivity index (χ0) is 14.5. The van der Waals surface area contributed by atoms with E-state index in [1.807, 2.05) is 30.3 Å². The van der Waals surface area contributed by atoms with E-state index in [-0.39, 0.29) is 12.5 Å². The van der Waals surface area contributed by atoms with E-state index in [0.717, 1.165) is 22.9 Å². The van der Waals surface area contributed by atoms with Gasteiger partial charge in [-0.3, -0.25) is 0 Å². The molecule has 2 aromatic rings. The lowest BCUT2D eigenvalue weighted by Crippen LogP contribution is -2.13. The van der Waals surface area contributed by atoms with Crippen LogP contribution in [0.3, 0.4) is 0 Å². The third kappa shape index (κ3) is 4.23. The quantitative estimate of drug-likeness (QED) is 0.768. The van der Waals surface area contributed by atoms with E-state index in [0.29, 0.717) is 10.0 Å². The van der Waals surface area contributed by atoms with E-state index in [1.165, 1.54) is 5.56 Å². The third-order valence-electron chi connectivity index (χ3n) is 3.25. The SMILES string of the molecule is OCC(Cc1ccc(Cl)cc1Cl)Cc1ccccc1Br. The number of aliphatic hydroxyl groups is 1. The summed E-state index contributed by atoms with van der Waals surface area (Å²) in [5, 5.41) is 10.9. The van der Waals surface area contributed by atoms with Gasteiger partial charge >= 0.3 is 0 Å². The van der Waals surface area contributed by atoms with Gasteiger partial charge in [-0.25, -0.2) is 0 Å². The van der Waals surface area contributed by atoms with Crippen molar-refractivity contribution in [1.82, 2.24) is 0 Å². The summed E-state index contributed by atoms with van der Waals surface area (Å²) in [5.74, 6) is 0.132. The van der Waals surface area contributed by atoms with Gasteiger partial charge in [0.2, 0.25) is 0 Å². The van der Waals surface area contributed by atoms with E-state index in [2.05, 4.69) is 22.0 Å². The lowest BCUT2D eigenvalue weighted by Gasteiger charge is -2.16. The second-order valence-electron chi connectivity index (χ2n) is 4.78. The van der Waals surface area contributed by atoms with Crippen LogP contribution < -0.4 is 0 Å². The first-order valence-corrected chi connectivity index (χ1v) is 7.93. The van der Waals surface area contributed by atoms with Crippen molar-refractivity contribution in [3.05, 3.63) is 68.1 Å². The van der Waals surface area contributed by atoms with Gasteiger partial charge in [0.05, 0.1) is 0 Å². The predicted molar refractivity (Wildman–Crippen MR) is 88.6 cm³/mol. The summed E-state index contributed by atoms with van der Waals surface area (Å²) in [4.78, 5) is 0. The van der Waals surface area contributed by atoms with Gasteiger partial charge in [-0.15, -0.1) is 0 Å². The van der Waals surface area contributed by atoms with Crippen LogP contribution in [-0.2, 0) is 12.8 Å². The summed E-state index contributed by atoms with van der Waals surface area (Å²) < 4.78 is 1.07. The molecule has 0 bridgehead atoms. The number of aliphatic hydroxyl groups excluding tert-OH is 1. The third-order valence-corrected chi connectivity index (χ3v) is 4.61. The van der Waals surface area contributed by atoms with Gasteiger partial charge in [0.25, 0.3) is 0 Å². The molecule has 0 aliphatic heterocycles. The fourth-order valence-corrected chi connectivity index (χ4v) is 3.11. The Hall–Kier alpha value is -0.540. The van der Waals surface area contributed by atoms with Gasteiger partial charge in [-0.05, 0) is 48.1 Å². The maximum absolute atomic E-state index is 9.60. The van der Waals surface area contributed by atoms with Crippen LogP contribution in [-0.4, -0.2) is 11.7 Å². The minimum absolute atomic E-state index is 0.125. The van der Waals surface area contributed by atoms with Crippen molar-refractivity contribution >= 4 is 39.1 Å². The molecule has 0 spiro atoms. The molecule has 0 aliphatic rings. The molecule has 0 aliphatic carbocycles. The first-order chi connectivity index (χ1) is 9.60. The molecule has 106 valence electrons. The Morgan fingerprint density at radius 1 is 1.00 bits per heavy atom. The Labute approximate surface area is 137 Å². The highest BCUT2D eigenvalue weighted by Crippen LogP contribution is 2.26. The fraction of sp³-hybridized carbons (Fsp3) is 0.250. The maximum Gasteiger partial charge on any atom is 0.0465 e. The van der Waals surface area contributed by atoms with Gasteiger partial charge in [-0.1, -0.05) is 63.4 Å². The van der Waals surface area contributed by atoms with Crippen molar-refractivity contribution in [1.29, 1.82) is 0 Å². The molecule has 0 saturated heterocycles. The highest BCUT2D eigenvalue weighted by Gasteiger charge is 2.13. The van der Waals surface area contributed by atoms with Crippen LogP contribution in [0.5, 0.6) is 0 Å². The molecule has 0 aromatic heterocycles. The van der Waals surface area contributed by atoms with Gasteiger partial charge in [0, 0.05) is 21.1 Å². The zero-order valence-corrected chi connectivity index (χ0v) is 13.9. The monoisotopic (exact) mass is 372 g/mol. The van der Waals surface area contributed by atoms with Gasteiger partial charge in [-0.2, -0.15) is 0 Å². The Balaban J connectivity index is 2.11. The van der Waals surface area contributed by atoms with E-state index in [9.17, 15) is 5.11 Å². The number of hydrogen-bond acceptors (Lipinski definition) is 1. The second kappa shape index (κ2) is 7.46. The molecule has 4 heteroatoms. The van der Waals surface area contributed by atoms with Crippen molar-refractivity contribution < 1.29 is 5.11 Å².